The van der Waals surface area contributed by atoms with Crippen LogP contribution in [0.5, 0.6) is 11.5 Å². The van der Waals surface area contributed by atoms with Gasteiger partial charge in [0.15, 0.2) is 18.1 Å². The molecule has 2 aromatic rings. The summed E-state index contributed by atoms with van der Waals surface area (Å²) in [6, 6.07) is 13.5. The maximum atomic E-state index is 11.9. The zero-order valence-corrected chi connectivity index (χ0v) is 15.5. The zero-order chi connectivity index (χ0) is 20.4. The molecule has 0 atom stereocenters. The number of nitriles is 1. The van der Waals surface area contributed by atoms with Crippen molar-refractivity contribution in [3.05, 3.63) is 65.2 Å². The lowest BCUT2D eigenvalue weighted by Crippen LogP contribution is -2.03. The summed E-state index contributed by atoms with van der Waals surface area (Å²) in [5.41, 5.74) is 1.88. The molecule has 2 aromatic carbocycles. The van der Waals surface area contributed by atoms with Gasteiger partial charge in [-0.2, -0.15) is 5.26 Å². The average Bonchev–Trinajstić information content (AvgIpc) is 2.74. The highest BCUT2D eigenvalue weighted by Gasteiger charge is 2.07. The van der Waals surface area contributed by atoms with E-state index in [4.69, 9.17) is 19.5 Å². The third kappa shape index (κ3) is 5.88. The second kappa shape index (κ2) is 10.4. The van der Waals surface area contributed by atoms with Crippen molar-refractivity contribution in [1.82, 2.24) is 0 Å². The fourth-order valence-corrected chi connectivity index (χ4v) is 2.24. The summed E-state index contributed by atoms with van der Waals surface area (Å²) < 4.78 is 20.3. The number of carbonyl (C=O) groups excluding carboxylic acids is 2. The zero-order valence-electron chi connectivity index (χ0n) is 15.5. The number of benzene rings is 2. The van der Waals surface area contributed by atoms with E-state index in [-0.39, 0.29) is 13.2 Å². The molecule has 7 nitrogen and oxygen atoms in total. The van der Waals surface area contributed by atoms with Crippen LogP contribution >= 0.6 is 0 Å². The number of hydrogen-bond donors (Lipinski definition) is 0. The second-order valence-corrected chi connectivity index (χ2v) is 5.49. The third-order valence-electron chi connectivity index (χ3n) is 3.65. The lowest BCUT2D eigenvalue weighted by Gasteiger charge is -2.08. The average molecular weight is 381 g/mol. The van der Waals surface area contributed by atoms with Crippen molar-refractivity contribution >= 4 is 18.0 Å². The maximum absolute atomic E-state index is 11.9. The Kier molecular flexibility index (Phi) is 7.61. The molecule has 0 aromatic heterocycles. The first-order chi connectivity index (χ1) is 13.6. The molecule has 0 N–H and O–H groups in total. The Labute approximate surface area is 162 Å². The van der Waals surface area contributed by atoms with Crippen molar-refractivity contribution in [1.29, 1.82) is 5.26 Å². The minimum Gasteiger partial charge on any atom is -0.493 e. The van der Waals surface area contributed by atoms with Crippen molar-refractivity contribution in [3.63, 3.8) is 0 Å². The van der Waals surface area contributed by atoms with Gasteiger partial charge in [0.25, 0.3) is 0 Å². The normalized spacial score (nSPS) is 10.2. The number of esters is 2. The van der Waals surface area contributed by atoms with Gasteiger partial charge in [0.1, 0.15) is 12.7 Å². The Balaban J connectivity index is 1.92. The Bertz CT molecular complexity index is 896. The molecule has 0 amide bonds. The predicted octanol–water partition coefficient (Wildman–Crippen LogP) is 3.14. The summed E-state index contributed by atoms with van der Waals surface area (Å²) in [6.45, 7) is -0.00658. The number of rotatable bonds is 8. The standard InChI is InChI=1S/C21H19NO6/c1-25-19-13-15(5-9-18(19)27-12-11-22)6-10-20(23)28-14-16-3-7-17(8-4-16)21(24)26-2/h3-10,13H,12,14H2,1-2H3. The van der Waals surface area contributed by atoms with Crippen molar-refractivity contribution < 1.29 is 28.5 Å². The van der Waals surface area contributed by atoms with Crippen LogP contribution in [0.25, 0.3) is 6.08 Å². The minimum atomic E-state index is -0.513. The van der Waals surface area contributed by atoms with E-state index in [0.717, 1.165) is 5.56 Å². The molecule has 2 rings (SSSR count). The van der Waals surface area contributed by atoms with Crippen LogP contribution in [-0.2, 0) is 20.9 Å². The molecule has 0 bridgehead atoms. The van der Waals surface area contributed by atoms with Gasteiger partial charge in [-0.05, 0) is 41.5 Å². The van der Waals surface area contributed by atoms with E-state index in [1.807, 2.05) is 6.07 Å². The van der Waals surface area contributed by atoms with Crippen molar-refractivity contribution in [2.75, 3.05) is 20.8 Å². The van der Waals surface area contributed by atoms with Crippen LogP contribution in [0.15, 0.2) is 48.5 Å². The fourth-order valence-electron chi connectivity index (χ4n) is 2.24. The lowest BCUT2D eigenvalue weighted by atomic mass is 10.1. The molecule has 0 radical (unpaired) electrons. The summed E-state index contributed by atoms with van der Waals surface area (Å²) in [7, 11) is 2.80. The van der Waals surface area contributed by atoms with E-state index >= 15 is 0 Å². The van der Waals surface area contributed by atoms with Gasteiger partial charge in [0.05, 0.1) is 19.8 Å². The number of nitrogens with zero attached hydrogens (tertiary/aromatic N) is 1. The van der Waals surface area contributed by atoms with Gasteiger partial charge in [-0.25, -0.2) is 9.59 Å². The maximum Gasteiger partial charge on any atom is 0.337 e. The van der Waals surface area contributed by atoms with Crippen molar-refractivity contribution in [2.24, 2.45) is 0 Å². The van der Waals surface area contributed by atoms with Crippen LogP contribution in [0.1, 0.15) is 21.5 Å². The minimum absolute atomic E-state index is 0.0783. The Morgan fingerprint density at radius 2 is 1.82 bits per heavy atom. The highest BCUT2D eigenvalue weighted by molar-refractivity contribution is 5.89. The van der Waals surface area contributed by atoms with E-state index in [9.17, 15) is 9.59 Å². The largest absolute Gasteiger partial charge is 0.493 e. The number of hydrogen-bond acceptors (Lipinski definition) is 7. The van der Waals surface area contributed by atoms with Crippen molar-refractivity contribution in [3.8, 4) is 17.6 Å². The van der Waals surface area contributed by atoms with Gasteiger partial charge >= 0.3 is 11.9 Å². The molecule has 0 aliphatic heterocycles. The molecular formula is C21H19NO6. The number of ether oxygens (including phenoxy) is 4. The molecule has 0 aliphatic rings. The SMILES string of the molecule is COC(=O)c1ccc(COC(=O)C=Cc2ccc(OCC#N)c(OC)c2)cc1. The highest BCUT2D eigenvalue weighted by Crippen LogP contribution is 2.28. The van der Waals surface area contributed by atoms with E-state index < -0.39 is 11.9 Å². The highest BCUT2D eigenvalue weighted by atomic mass is 16.5. The molecule has 0 unspecified atom stereocenters. The first-order valence-electron chi connectivity index (χ1n) is 8.27. The van der Waals surface area contributed by atoms with Crippen molar-refractivity contribution in [2.45, 2.75) is 6.61 Å². The van der Waals surface area contributed by atoms with Gasteiger partial charge in [-0.15, -0.1) is 0 Å². The summed E-state index contributed by atoms with van der Waals surface area (Å²) in [4.78, 5) is 23.3. The molecule has 7 heteroatoms. The van der Waals surface area contributed by atoms with Crippen LogP contribution in [0, 0.1) is 11.3 Å². The van der Waals surface area contributed by atoms with Crippen LogP contribution in [0.4, 0.5) is 0 Å². The molecule has 0 spiro atoms. The molecular weight excluding hydrogens is 362 g/mol. The molecule has 0 heterocycles. The molecule has 0 saturated heterocycles. The van der Waals surface area contributed by atoms with E-state index in [2.05, 4.69) is 4.74 Å². The smallest absolute Gasteiger partial charge is 0.337 e. The lowest BCUT2D eigenvalue weighted by molar-refractivity contribution is -0.138. The summed E-state index contributed by atoms with van der Waals surface area (Å²) in [5, 5.41) is 8.57. The first kappa shape index (κ1) is 20.5. The third-order valence-corrected chi connectivity index (χ3v) is 3.65. The second-order valence-electron chi connectivity index (χ2n) is 5.49. The molecule has 0 saturated carbocycles. The Morgan fingerprint density at radius 3 is 2.46 bits per heavy atom. The summed E-state index contributed by atoms with van der Waals surface area (Å²) >= 11 is 0. The van der Waals surface area contributed by atoms with Crippen LogP contribution in [0.2, 0.25) is 0 Å². The van der Waals surface area contributed by atoms with Gasteiger partial charge in [0.2, 0.25) is 0 Å². The van der Waals surface area contributed by atoms with E-state index in [1.54, 1.807) is 48.5 Å². The van der Waals surface area contributed by atoms with Gasteiger partial charge < -0.3 is 18.9 Å². The Hall–Kier alpha value is -3.79. The number of carbonyl (C=O) groups is 2. The monoisotopic (exact) mass is 381 g/mol. The fraction of sp³-hybridized carbons (Fsp3) is 0.190. The van der Waals surface area contributed by atoms with E-state index in [1.165, 1.54) is 20.3 Å². The van der Waals surface area contributed by atoms with Crippen LogP contribution in [0.3, 0.4) is 0 Å². The molecule has 0 aliphatic carbocycles. The van der Waals surface area contributed by atoms with Crippen LogP contribution < -0.4 is 9.47 Å². The van der Waals surface area contributed by atoms with Gasteiger partial charge in [-0.1, -0.05) is 18.2 Å². The summed E-state index contributed by atoms with van der Waals surface area (Å²) in [6.07, 6.45) is 2.88. The van der Waals surface area contributed by atoms with Gasteiger partial charge in [0, 0.05) is 6.08 Å². The number of methoxy groups -OCH3 is 2. The predicted molar refractivity (Wildman–Crippen MR) is 101 cm³/mol. The molecule has 28 heavy (non-hydrogen) atoms. The summed E-state index contributed by atoms with van der Waals surface area (Å²) in [5.74, 6) is -0.0394. The Morgan fingerprint density at radius 1 is 1.07 bits per heavy atom. The van der Waals surface area contributed by atoms with Gasteiger partial charge in [-0.3, -0.25) is 0 Å². The quantitative estimate of drug-likeness (QED) is 0.512. The molecule has 144 valence electrons. The van der Waals surface area contributed by atoms with E-state index in [0.29, 0.717) is 22.6 Å². The van der Waals surface area contributed by atoms with Crippen LogP contribution in [-0.4, -0.2) is 32.8 Å². The topological polar surface area (TPSA) is 94.9 Å². The first-order valence-corrected chi connectivity index (χ1v) is 8.27. The molecule has 0 fully saturated rings.